The van der Waals surface area contributed by atoms with Gasteiger partial charge in [-0.25, -0.2) is 4.98 Å². The molecule has 0 spiro atoms. The van der Waals surface area contributed by atoms with Crippen molar-refractivity contribution in [3.63, 3.8) is 0 Å². The molecule has 2 N–H and O–H groups in total. The number of nitrogens with two attached hydrogens (primary N) is 1. The van der Waals surface area contributed by atoms with Gasteiger partial charge in [-0.2, -0.15) is 0 Å². The van der Waals surface area contributed by atoms with Gasteiger partial charge in [0.2, 0.25) is 0 Å². The first-order valence-electron chi connectivity index (χ1n) is 3.91. The summed E-state index contributed by atoms with van der Waals surface area (Å²) in [6.45, 7) is 1.66. The van der Waals surface area contributed by atoms with Gasteiger partial charge in [-0.3, -0.25) is 0 Å². The Hall–Kier alpha value is -0.980. The quantitative estimate of drug-likeness (QED) is 0.850. The molecule has 0 atom stereocenters. The van der Waals surface area contributed by atoms with Gasteiger partial charge in [-0.1, -0.05) is 15.9 Å². The number of nitrogen functional groups attached to an aromatic ring is 1. The van der Waals surface area contributed by atoms with E-state index in [1.807, 2.05) is 0 Å². The lowest BCUT2D eigenvalue weighted by Gasteiger charge is -2.12. The summed E-state index contributed by atoms with van der Waals surface area (Å²) in [5.41, 5.74) is 6.47. The molecule has 1 rings (SSSR count). The smallest absolute Gasteiger partial charge is 0.402 e. The Bertz CT molecular complexity index is 368. The first-order valence-corrected chi connectivity index (χ1v) is 5.03. The lowest BCUT2D eigenvalue weighted by molar-refractivity contribution is -0.274. The van der Waals surface area contributed by atoms with Crippen molar-refractivity contribution < 1.29 is 17.9 Å². The zero-order valence-corrected chi connectivity index (χ0v) is 9.32. The third-order valence-corrected chi connectivity index (χ3v) is 2.28. The van der Waals surface area contributed by atoms with E-state index in [2.05, 4.69) is 25.7 Å². The molecule has 7 heteroatoms. The number of pyridine rings is 1. The number of alkyl halides is 4. The fourth-order valence-electron chi connectivity index (χ4n) is 0.986. The minimum absolute atomic E-state index is 0.269. The molecule has 0 aromatic carbocycles. The van der Waals surface area contributed by atoms with Crippen molar-refractivity contribution in [1.82, 2.24) is 4.98 Å². The number of halogens is 4. The maximum absolute atomic E-state index is 11.9. The average Bonchev–Trinajstić information content (AvgIpc) is 2.07. The van der Waals surface area contributed by atoms with E-state index < -0.39 is 12.1 Å². The Morgan fingerprint density at radius 3 is 2.60 bits per heavy atom. The van der Waals surface area contributed by atoms with Gasteiger partial charge in [0.1, 0.15) is 0 Å². The van der Waals surface area contributed by atoms with E-state index in [0.29, 0.717) is 16.6 Å². The van der Waals surface area contributed by atoms with Crippen LogP contribution in [0.4, 0.5) is 19.0 Å². The van der Waals surface area contributed by atoms with Gasteiger partial charge in [0, 0.05) is 11.0 Å². The number of ether oxygens (including phenoxy) is 1. The molecule has 0 amide bonds. The summed E-state index contributed by atoms with van der Waals surface area (Å²) in [7, 11) is 0. The zero-order valence-electron chi connectivity index (χ0n) is 7.73. The van der Waals surface area contributed by atoms with Crippen molar-refractivity contribution in [3.8, 4) is 5.75 Å². The molecule has 3 nitrogen and oxygen atoms in total. The van der Waals surface area contributed by atoms with Crippen molar-refractivity contribution in [1.29, 1.82) is 0 Å². The van der Waals surface area contributed by atoms with Gasteiger partial charge in [0.15, 0.2) is 11.6 Å². The number of rotatable bonds is 2. The van der Waals surface area contributed by atoms with Gasteiger partial charge in [-0.05, 0) is 18.6 Å². The number of aryl methyl sites for hydroxylation is 1. The molecular formula is C8H8BrF3N2O. The van der Waals surface area contributed by atoms with E-state index in [1.165, 1.54) is 6.07 Å². The second-order valence-electron chi connectivity index (χ2n) is 2.80. The van der Waals surface area contributed by atoms with Gasteiger partial charge < -0.3 is 10.5 Å². The maximum Gasteiger partial charge on any atom is 0.573 e. The molecule has 0 aliphatic carbocycles. The van der Waals surface area contributed by atoms with E-state index in [4.69, 9.17) is 5.73 Å². The van der Waals surface area contributed by atoms with Crippen LogP contribution >= 0.6 is 15.9 Å². The van der Waals surface area contributed by atoms with Crippen LogP contribution in [0.3, 0.4) is 0 Å². The number of nitrogens with zero attached hydrogens (tertiary/aromatic N) is 1. The number of anilines is 1. The van der Waals surface area contributed by atoms with Crippen LogP contribution < -0.4 is 10.5 Å². The standard InChI is InChI=1S/C8H8BrF3N2O/c1-4-5(3-9)2-6(7(13)14-4)15-8(10,11)12/h2H,3H2,1H3,(H2,13,14). The third kappa shape index (κ3) is 3.26. The number of aromatic nitrogens is 1. The Balaban J connectivity index is 3.08. The lowest BCUT2D eigenvalue weighted by atomic mass is 10.2. The molecule has 15 heavy (non-hydrogen) atoms. The molecule has 1 heterocycles. The fraction of sp³-hybridized carbons (Fsp3) is 0.375. The summed E-state index contributed by atoms with van der Waals surface area (Å²) < 4.78 is 39.5. The van der Waals surface area contributed by atoms with Crippen molar-refractivity contribution in [2.45, 2.75) is 18.6 Å². The van der Waals surface area contributed by atoms with Crippen LogP contribution in [0.2, 0.25) is 0 Å². The highest BCUT2D eigenvalue weighted by molar-refractivity contribution is 9.08. The summed E-state index contributed by atoms with van der Waals surface area (Å²) in [4.78, 5) is 3.75. The minimum atomic E-state index is -4.76. The van der Waals surface area contributed by atoms with Gasteiger partial charge in [0.05, 0.1) is 0 Å². The molecule has 0 radical (unpaired) electrons. The molecule has 0 aliphatic rings. The van der Waals surface area contributed by atoms with Crippen LogP contribution in [-0.4, -0.2) is 11.3 Å². The summed E-state index contributed by atoms with van der Waals surface area (Å²) in [6.07, 6.45) is -4.76. The van der Waals surface area contributed by atoms with Crippen LogP contribution in [0.1, 0.15) is 11.3 Å². The molecule has 0 bridgehead atoms. The SMILES string of the molecule is Cc1nc(N)c(OC(F)(F)F)cc1CBr. The molecule has 0 saturated heterocycles. The Morgan fingerprint density at radius 1 is 1.53 bits per heavy atom. The predicted molar refractivity (Wildman–Crippen MR) is 52.7 cm³/mol. The third-order valence-electron chi connectivity index (χ3n) is 1.68. The summed E-state index contributed by atoms with van der Waals surface area (Å²) >= 11 is 3.13. The van der Waals surface area contributed by atoms with Gasteiger partial charge >= 0.3 is 6.36 Å². The van der Waals surface area contributed by atoms with Crippen molar-refractivity contribution in [3.05, 3.63) is 17.3 Å². The first kappa shape index (κ1) is 12.1. The van der Waals surface area contributed by atoms with E-state index in [9.17, 15) is 13.2 Å². The Morgan fingerprint density at radius 2 is 2.13 bits per heavy atom. The van der Waals surface area contributed by atoms with Crippen LogP contribution in [-0.2, 0) is 5.33 Å². The van der Waals surface area contributed by atoms with Crippen LogP contribution in [0.15, 0.2) is 6.07 Å². The Labute approximate surface area is 92.6 Å². The molecule has 1 aromatic heterocycles. The van der Waals surface area contributed by atoms with E-state index in [-0.39, 0.29) is 5.82 Å². The maximum atomic E-state index is 11.9. The molecular weight excluding hydrogens is 277 g/mol. The Kier molecular flexibility index (Phi) is 3.43. The van der Waals surface area contributed by atoms with E-state index in [1.54, 1.807) is 6.92 Å². The van der Waals surface area contributed by atoms with Gasteiger partial charge in [-0.15, -0.1) is 13.2 Å². The summed E-state index contributed by atoms with van der Waals surface area (Å²) in [5.74, 6) is -0.739. The highest BCUT2D eigenvalue weighted by Crippen LogP contribution is 2.29. The second kappa shape index (κ2) is 4.26. The summed E-state index contributed by atoms with van der Waals surface area (Å²) in [5, 5.41) is 0.389. The van der Waals surface area contributed by atoms with Crippen molar-refractivity contribution in [2.24, 2.45) is 0 Å². The summed E-state index contributed by atoms with van der Waals surface area (Å²) in [6, 6.07) is 1.22. The molecule has 0 unspecified atom stereocenters. The number of hydrogen-bond donors (Lipinski definition) is 1. The van der Waals surface area contributed by atoms with Crippen LogP contribution in [0, 0.1) is 6.92 Å². The second-order valence-corrected chi connectivity index (χ2v) is 3.36. The molecule has 84 valence electrons. The number of hydrogen-bond acceptors (Lipinski definition) is 3. The molecule has 1 aromatic rings. The topological polar surface area (TPSA) is 48.1 Å². The first-order chi connectivity index (χ1) is 6.83. The normalized spacial score (nSPS) is 11.5. The average molecular weight is 285 g/mol. The predicted octanol–water partition coefficient (Wildman–Crippen LogP) is 2.77. The minimum Gasteiger partial charge on any atom is -0.402 e. The van der Waals surface area contributed by atoms with Crippen molar-refractivity contribution in [2.75, 3.05) is 5.73 Å². The van der Waals surface area contributed by atoms with Crippen molar-refractivity contribution >= 4 is 21.7 Å². The monoisotopic (exact) mass is 284 g/mol. The van der Waals surface area contributed by atoms with E-state index >= 15 is 0 Å². The zero-order chi connectivity index (χ0) is 11.6. The van der Waals surface area contributed by atoms with E-state index in [0.717, 1.165) is 0 Å². The van der Waals surface area contributed by atoms with Crippen LogP contribution in [0.5, 0.6) is 5.75 Å². The highest BCUT2D eigenvalue weighted by Gasteiger charge is 2.32. The van der Waals surface area contributed by atoms with Crippen LogP contribution in [0.25, 0.3) is 0 Å². The lowest BCUT2D eigenvalue weighted by Crippen LogP contribution is -2.18. The molecule has 0 aliphatic heterocycles. The fourth-order valence-corrected chi connectivity index (χ4v) is 1.55. The highest BCUT2D eigenvalue weighted by atomic mass is 79.9. The van der Waals surface area contributed by atoms with Gasteiger partial charge in [0.25, 0.3) is 0 Å². The molecule has 0 fully saturated rings. The largest absolute Gasteiger partial charge is 0.573 e. The molecule has 0 saturated carbocycles.